The summed E-state index contributed by atoms with van der Waals surface area (Å²) >= 11 is 12.7. The molecule has 0 saturated heterocycles. The number of thiophene rings is 4. The molecule has 0 aliphatic heterocycles. The van der Waals surface area contributed by atoms with Crippen molar-refractivity contribution in [3.8, 4) is 54.2 Å². The average molecular weight is 1110 g/mol. The Kier molecular flexibility index (Phi) is 11.8. The maximum atomic E-state index is 9.67. The molecule has 78 heavy (non-hydrogen) atoms. The molecule has 5 aromatic carbocycles. The summed E-state index contributed by atoms with van der Waals surface area (Å²) < 4.78 is 16.3. The minimum absolute atomic E-state index is 0.00314. The highest BCUT2D eigenvalue weighted by Gasteiger charge is 2.55. The third-order valence-electron chi connectivity index (χ3n) is 15.3. The molecule has 370 valence electrons. The van der Waals surface area contributed by atoms with Crippen LogP contribution in [0.15, 0.2) is 161 Å². The molecule has 0 radical (unpaired) electrons. The summed E-state index contributed by atoms with van der Waals surface area (Å²) in [5.41, 5.74) is 17.2. The summed E-state index contributed by atoms with van der Waals surface area (Å²) in [6.07, 6.45) is 6.76. The van der Waals surface area contributed by atoms with Gasteiger partial charge in [0.25, 0.3) is 0 Å². The van der Waals surface area contributed by atoms with Crippen molar-refractivity contribution in [2.24, 2.45) is 4.40 Å². The highest BCUT2D eigenvalue weighted by molar-refractivity contribution is 7.79. The quantitative estimate of drug-likeness (QED) is 0.0876. The molecular formula is C64H38N8S6. The van der Waals surface area contributed by atoms with Crippen molar-refractivity contribution in [3.05, 3.63) is 233 Å². The average Bonchev–Trinajstić information content (AvgIpc) is 4.48. The first-order valence-corrected chi connectivity index (χ1v) is 29.1. The van der Waals surface area contributed by atoms with Crippen molar-refractivity contribution >= 4 is 113 Å². The Morgan fingerprint density at radius 1 is 0.538 bits per heavy atom. The largest absolute Gasteiger partial charge is 0.298 e. The first kappa shape index (κ1) is 49.2. The summed E-state index contributed by atoms with van der Waals surface area (Å²) in [4.78, 5) is 6.74. The third kappa shape index (κ3) is 7.09. The van der Waals surface area contributed by atoms with Gasteiger partial charge in [0, 0.05) is 43.2 Å². The molecular weight excluding hydrogens is 1070 g/mol. The zero-order chi connectivity index (χ0) is 53.8. The van der Waals surface area contributed by atoms with Crippen molar-refractivity contribution < 1.29 is 0 Å². The molecule has 5 aromatic heterocycles. The van der Waals surface area contributed by atoms with Gasteiger partial charge in [0.05, 0.1) is 57.2 Å². The van der Waals surface area contributed by atoms with Crippen molar-refractivity contribution in [3.63, 3.8) is 0 Å². The lowest BCUT2D eigenvalue weighted by Gasteiger charge is -2.34. The lowest BCUT2D eigenvalue weighted by atomic mass is 9.67. The molecule has 5 heterocycles. The van der Waals surface area contributed by atoms with Crippen LogP contribution in [0.4, 0.5) is 0 Å². The number of hydrogen-bond donors (Lipinski definition) is 2. The number of nitriles is 4. The van der Waals surface area contributed by atoms with Gasteiger partial charge in [0.2, 0.25) is 0 Å². The molecule has 0 fully saturated rings. The molecule has 10 aromatic rings. The number of aromatic nitrogens is 2. The van der Waals surface area contributed by atoms with Crippen LogP contribution < -0.4 is 0 Å². The zero-order valence-electron chi connectivity index (χ0n) is 42.0. The second-order valence-corrected chi connectivity index (χ2v) is 24.6. The van der Waals surface area contributed by atoms with Gasteiger partial charge in [-0.25, -0.2) is 4.40 Å². The summed E-state index contributed by atoms with van der Waals surface area (Å²) in [6.45, 7) is 8.52. The van der Waals surface area contributed by atoms with E-state index in [4.69, 9.17) is 8.75 Å². The molecule has 1 N–H and O–H groups in total. The van der Waals surface area contributed by atoms with Crippen LogP contribution in [0.3, 0.4) is 0 Å². The maximum absolute atomic E-state index is 9.67. The first-order chi connectivity index (χ1) is 38.0. The van der Waals surface area contributed by atoms with Gasteiger partial charge in [0.1, 0.15) is 52.2 Å². The minimum Gasteiger partial charge on any atom is -0.298 e. The van der Waals surface area contributed by atoms with E-state index >= 15 is 0 Å². The molecule has 3 aliphatic carbocycles. The Balaban J connectivity index is 1.13. The Hall–Kier alpha value is -8.41. The van der Waals surface area contributed by atoms with E-state index in [1.807, 2.05) is 65.2 Å². The smallest absolute Gasteiger partial charge is 0.130 e. The molecule has 13 rings (SSSR count). The Morgan fingerprint density at radius 3 is 1.44 bits per heavy atom. The fourth-order valence-electron chi connectivity index (χ4n) is 11.6. The number of hydrogen-bond acceptors (Lipinski definition) is 14. The molecule has 0 atom stereocenters. The third-order valence-corrected chi connectivity index (χ3v) is 21.2. The van der Waals surface area contributed by atoms with E-state index in [1.54, 1.807) is 28.7 Å². The fourth-order valence-corrected chi connectivity index (χ4v) is 18.3. The van der Waals surface area contributed by atoms with Gasteiger partial charge in [-0.3, -0.25) is 5.41 Å². The lowest BCUT2D eigenvalue weighted by molar-refractivity contribution is 0.775. The second-order valence-electron chi connectivity index (χ2n) is 19.7. The van der Waals surface area contributed by atoms with Gasteiger partial charge < -0.3 is 0 Å². The number of thiol groups is 1. The number of nitrogens with one attached hydrogen (secondary N) is 1. The molecule has 0 spiro atoms. The number of allylic oxidation sites excluding steroid dienone is 7. The van der Waals surface area contributed by atoms with Gasteiger partial charge in [-0.1, -0.05) is 144 Å². The van der Waals surface area contributed by atoms with Crippen molar-refractivity contribution in [1.29, 1.82) is 26.5 Å². The molecule has 8 nitrogen and oxygen atoms in total. The summed E-state index contributed by atoms with van der Waals surface area (Å²) in [7, 11) is 0. The topological polar surface area (TPSA) is 157 Å². The molecule has 0 unspecified atom stereocenters. The zero-order valence-corrected chi connectivity index (χ0v) is 47.0. The van der Waals surface area contributed by atoms with Gasteiger partial charge >= 0.3 is 0 Å². The summed E-state index contributed by atoms with van der Waals surface area (Å²) in [5.74, 6) is 0. The van der Waals surface area contributed by atoms with E-state index in [0.717, 1.165) is 65.3 Å². The minimum atomic E-state index is -0.774. The molecule has 14 heteroatoms. The number of benzene rings is 5. The SMILES string of the molecule is Cc1ccc(C2(c3ccc(C)cc3)c3cc(C4=CC=C(C=C(C#N)C#N)C(=NS)C4=N)sc3-c3sc4c5c(sc4c32)-c2sc(-c3ccc(C=C(C#N)C#N)c4nsnc34)cc2C5(c2ccc(C)cc2)c2ccc(C)cc2)cc1. The van der Waals surface area contributed by atoms with Crippen LogP contribution in [0.25, 0.3) is 62.0 Å². The normalized spacial score (nSPS) is 14.8. The van der Waals surface area contributed by atoms with Crippen LogP contribution in [0.1, 0.15) is 77.2 Å². The molecule has 0 bridgehead atoms. The van der Waals surface area contributed by atoms with E-state index in [-0.39, 0.29) is 22.6 Å². The van der Waals surface area contributed by atoms with Gasteiger partial charge in [-0.05, 0) is 98.2 Å². The predicted octanol–water partition coefficient (Wildman–Crippen LogP) is 16.8. The standard InChI is InChI=1S/C64H38N8S6/c1-33-5-15-41(16-6-33)63(42-17-7-34(2)8-18-42)47-27-49(45-23-13-39(25-37(29-65)30-66)54(70-73)53(45)69)74-57(47)59-51(63)61-62(76-59)52-60(77-61)58-48(64(52,43-19-9-35(3)10-20-43)44-21-11-36(4)12-22-44)28-50(75-58)46-24-14-40(26-38(31-67)32-68)55-56(46)72-78-71-55/h5-28,69,73H,1-4H3. The fraction of sp³-hybridized carbons (Fsp3) is 0.0938. The maximum Gasteiger partial charge on any atom is 0.130 e. The lowest BCUT2D eigenvalue weighted by Crippen LogP contribution is -2.29. The van der Waals surface area contributed by atoms with E-state index < -0.39 is 10.8 Å². The van der Waals surface area contributed by atoms with Gasteiger partial charge in [-0.2, -0.15) is 29.8 Å². The summed E-state index contributed by atoms with van der Waals surface area (Å²) in [5, 5.41) is 48.2. The molecule has 0 amide bonds. The van der Waals surface area contributed by atoms with Crippen LogP contribution in [-0.2, 0) is 10.8 Å². The highest BCUT2D eigenvalue weighted by Crippen LogP contribution is 2.70. The molecule has 3 aliphatic rings. The van der Waals surface area contributed by atoms with Crippen LogP contribution >= 0.6 is 69.9 Å². The Bertz CT molecular complexity index is 4470. The van der Waals surface area contributed by atoms with E-state index in [0.29, 0.717) is 22.2 Å². The molecule has 0 saturated carbocycles. The van der Waals surface area contributed by atoms with Crippen LogP contribution in [0.2, 0.25) is 0 Å². The van der Waals surface area contributed by atoms with Crippen LogP contribution in [-0.4, -0.2) is 20.2 Å². The van der Waals surface area contributed by atoms with Crippen LogP contribution in [0, 0.1) is 78.4 Å². The van der Waals surface area contributed by atoms with Crippen molar-refractivity contribution in [2.45, 2.75) is 38.5 Å². The number of fused-ring (bicyclic) bond motifs is 10. The number of nitrogens with zero attached hydrogens (tertiary/aromatic N) is 7. The highest BCUT2D eigenvalue weighted by atomic mass is 32.1. The van der Waals surface area contributed by atoms with Crippen LogP contribution in [0.5, 0.6) is 0 Å². The Labute approximate surface area is 475 Å². The summed E-state index contributed by atoms with van der Waals surface area (Å²) in [6, 6.07) is 52.6. The van der Waals surface area contributed by atoms with Crippen molar-refractivity contribution in [2.75, 3.05) is 0 Å². The Morgan fingerprint density at radius 2 is 0.974 bits per heavy atom. The predicted molar refractivity (Wildman–Crippen MR) is 324 cm³/mol. The van der Waals surface area contributed by atoms with Gasteiger partial charge in [0.15, 0.2) is 0 Å². The number of aryl methyl sites for hydroxylation is 4. The van der Waals surface area contributed by atoms with E-state index in [9.17, 15) is 26.5 Å². The van der Waals surface area contributed by atoms with E-state index in [1.165, 1.54) is 69.1 Å². The number of rotatable bonds is 8. The van der Waals surface area contributed by atoms with Crippen molar-refractivity contribution in [1.82, 2.24) is 8.75 Å². The van der Waals surface area contributed by atoms with Gasteiger partial charge in [-0.15, -0.1) is 45.3 Å². The first-order valence-electron chi connectivity index (χ1n) is 24.7. The monoisotopic (exact) mass is 1110 g/mol. The van der Waals surface area contributed by atoms with E-state index in [2.05, 4.69) is 160 Å². The second kappa shape index (κ2) is 18.7.